The van der Waals surface area contributed by atoms with E-state index in [0.717, 1.165) is 23.8 Å². The summed E-state index contributed by atoms with van der Waals surface area (Å²) in [5.74, 6) is 3.43. The van der Waals surface area contributed by atoms with Crippen LogP contribution in [0.5, 0.6) is 0 Å². The molecular weight excluding hydrogens is 156 g/mol. The van der Waals surface area contributed by atoms with E-state index in [1.165, 1.54) is 6.42 Å². The molecule has 2 unspecified atom stereocenters. The van der Waals surface area contributed by atoms with Crippen LogP contribution in [0.3, 0.4) is 0 Å². The van der Waals surface area contributed by atoms with Crippen molar-refractivity contribution in [2.24, 2.45) is 11.8 Å². The molecule has 0 radical (unpaired) electrons. The van der Waals surface area contributed by atoms with Crippen molar-refractivity contribution in [2.75, 3.05) is 11.5 Å². The Kier molecular flexibility index (Phi) is 3.44. The minimum absolute atomic E-state index is 0.384. The summed E-state index contributed by atoms with van der Waals surface area (Å²) in [4.78, 5) is 11.2. The summed E-state index contributed by atoms with van der Waals surface area (Å²) in [7, 11) is 0. The lowest BCUT2D eigenvalue weighted by Gasteiger charge is -2.11. The zero-order chi connectivity index (χ0) is 8.27. The minimum Gasteiger partial charge on any atom is -0.298 e. The predicted molar refractivity (Wildman–Crippen MR) is 49.9 cm³/mol. The molecule has 2 atom stereocenters. The number of rotatable bonds is 3. The summed E-state index contributed by atoms with van der Waals surface area (Å²) in [5.41, 5.74) is 0. The Labute approximate surface area is 72.9 Å². The summed E-state index contributed by atoms with van der Waals surface area (Å²) in [6.07, 6.45) is 2.32. The first kappa shape index (κ1) is 9.11. The predicted octanol–water partition coefficient (Wildman–Crippen LogP) is 2.35. The Morgan fingerprint density at radius 1 is 1.73 bits per heavy atom. The molecule has 1 aliphatic heterocycles. The molecular formula is C9H16OS. The van der Waals surface area contributed by atoms with Gasteiger partial charge >= 0.3 is 0 Å². The normalized spacial score (nSPS) is 27.5. The number of hydrogen-bond acceptors (Lipinski definition) is 2. The summed E-state index contributed by atoms with van der Waals surface area (Å²) in [5, 5.41) is 0. The number of hydrogen-bond donors (Lipinski definition) is 0. The van der Waals surface area contributed by atoms with E-state index >= 15 is 0 Å². The number of Topliss-reactive ketones (excluding diaryl/α,β-unsaturated/α-hetero) is 1. The molecule has 0 aromatic heterocycles. The molecule has 0 spiro atoms. The second kappa shape index (κ2) is 4.15. The van der Waals surface area contributed by atoms with E-state index in [2.05, 4.69) is 13.8 Å². The standard InChI is InChI=1S/C9H16OS/c1-3-7(2)4-8-5-11-6-9(8)10/h7-8H,3-6H2,1-2H3. The molecule has 0 amide bonds. The fraction of sp³-hybridized carbons (Fsp3) is 0.889. The van der Waals surface area contributed by atoms with Gasteiger partial charge in [-0.1, -0.05) is 20.3 Å². The van der Waals surface area contributed by atoms with E-state index < -0.39 is 0 Å². The molecule has 0 N–H and O–H groups in total. The minimum atomic E-state index is 0.384. The van der Waals surface area contributed by atoms with Crippen molar-refractivity contribution < 1.29 is 4.79 Å². The maximum absolute atomic E-state index is 11.2. The van der Waals surface area contributed by atoms with Gasteiger partial charge in [-0.15, -0.1) is 0 Å². The van der Waals surface area contributed by atoms with Gasteiger partial charge in [0.15, 0.2) is 0 Å². The van der Waals surface area contributed by atoms with Crippen LogP contribution in [0.1, 0.15) is 26.7 Å². The lowest BCUT2D eigenvalue weighted by Crippen LogP contribution is -2.14. The van der Waals surface area contributed by atoms with Crippen LogP contribution in [0, 0.1) is 11.8 Å². The number of carbonyl (C=O) groups is 1. The van der Waals surface area contributed by atoms with Crippen LogP contribution in [0.2, 0.25) is 0 Å². The fourth-order valence-electron chi connectivity index (χ4n) is 1.36. The number of thioether (sulfide) groups is 1. The molecule has 1 nitrogen and oxygen atoms in total. The quantitative estimate of drug-likeness (QED) is 0.650. The highest BCUT2D eigenvalue weighted by atomic mass is 32.2. The summed E-state index contributed by atoms with van der Waals surface area (Å²) < 4.78 is 0. The lowest BCUT2D eigenvalue weighted by molar-refractivity contribution is -0.119. The van der Waals surface area contributed by atoms with Crippen LogP contribution in [-0.2, 0) is 4.79 Å². The molecule has 1 fully saturated rings. The van der Waals surface area contributed by atoms with Gasteiger partial charge in [-0.05, 0) is 12.3 Å². The highest BCUT2D eigenvalue weighted by Gasteiger charge is 2.25. The van der Waals surface area contributed by atoms with Gasteiger partial charge in [0.1, 0.15) is 5.78 Å². The molecule has 0 bridgehead atoms. The van der Waals surface area contributed by atoms with Crippen LogP contribution < -0.4 is 0 Å². The van der Waals surface area contributed by atoms with Crippen LogP contribution in [0.25, 0.3) is 0 Å². The molecule has 11 heavy (non-hydrogen) atoms. The summed E-state index contributed by atoms with van der Waals surface area (Å²) >= 11 is 1.79. The van der Waals surface area contributed by atoms with E-state index in [1.807, 2.05) is 0 Å². The molecule has 64 valence electrons. The van der Waals surface area contributed by atoms with Crippen molar-refractivity contribution in [3.8, 4) is 0 Å². The Morgan fingerprint density at radius 2 is 2.45 bits per heavy atom. The third-order valence-electron chi connectivity index (χ3n) is 2.40. The van der Waals surface area contributed by atoms with Gasteiger partial charge in [-0.2, -0.15) is 11.8 Å². The first-order valence-electron chi connectivity index (χ1n) is 4.34. The van der Waals surface area contributed by atoms with Gasteiger partial charge in [-0.3, -0.25) is 4.79 Å². The molecule has 0 aromatic carbocycles. The maximum atomic E-state index is 11.2. The lowest BCUT2D eigenvalue weighted by atomic mass is 9.93. The molecule has 1 aliphatic rings. The van der Waals surface area contributed by atoms with Crippen LogP contribution in [-0.4, -0.2) is 17.3 Å². The largest absolute Gasteiger partial charge is 0.298 e. The fourth-order valence-corrected chi connectivity index (χ4v) is 2.53. The van der Waals surface area contributed by atoms with Crippen LogP contribution in [0.15, 0.2) is 0 Å². The maximum Gasteiger partial charge on any atom is 0.146 e. The van der Waals surface area contributed by atoms with E-state index in [-0.39, 0.29) is 0 Å². The molecule has 1 rings (SSSR count). The van der Waals surface area contributed by atoms with Crippen molar-refractivity contribution >= 4 is 17.5 Å². The molecule has 1 saturated heterocycles. The summed E-state index contributed by atoms with van der Waals surface area (Å²) in [6.45, 7) is 4.42. The first-order chi connectivity index (χ1) is 5.24. The first-order valence-corrected chi connectivity index (χ1v) is 5.50. The smallest absolute Gasteiger partial charge is 0.146 e. The Bertz CT molecular complexity index is 144. The van der Waals surface area contributed by atoms with E-state index in [4.69, 9.17) is 0 Å². The second-order valence-corrected chi connectivity index (χ2v) is 4.46. The van der Waals surface area contributed by atoms with Gasteiger partial charge in [0.05, 0.1) is 5.75 Å². The van der Waals surface area contributed by atoms with Gasteiger partial charge < -0.3 is 0 Å². The highest BCUT2D eigenvalue weighted by Crippen LogP contribution is 2.26. The van der Waals surface area contributed by atoms with Gasteiger partial charge in [0.2, 0.25) is 0 Å². The topological polar surface area (TPSA) is 17.1 Å². The monoisotopic (exact) mass is 172 g/mol. The SMILES string of the molecule is CCC(C)CC1CSCC1=O. The number of ketones is 1. The van der Waals surface area contributed by atoms with Gasteiger partial charge in [0, 0.05) is 11.7 Å². The average Bonchev–Trinajstić information content (AvgIpc) is 2.37. The Hall–Kier alpha value is 0.0200. The van der Waals surface area contributed by atoms with Crippen molar-refractivity contribution in [1.82, 2.24) is 0 Å². The van der Waals surface area contributed by atoms with Crippen molar-refractivity contribution in [2.45, 2.75) is 26.7 Å². The van der Waals surface area contributed by atoms with E-state index in [1.54, 1.807) is 11.8 Å². The van der Waals surface area contributed by atoms with Crippen molar-refractivity contribution in [3.63, 3.8) is 0 Å². The molecule has 0 aliphatic carbocycles. The second-order valence-electron chi connectivity index (χ2n) is 3.43. The molecule has 2 heteroatoms. The Balaban J connectivity index is 2.30. The van der Waals surface area contributed by atoms with Crippen LogP contribution >= 0.6 is 11.8 Å². The summed E-state index contributed by atoms with van der Waals surface area (Å²) in [6, 6.07) is 0. The third-order valence-corrected chi connectivity index (χ3v) is 3.53. The zero-order valence-electron chi connectivity index (χ0n) is 7.30. The average molecular weight is 172 g/mol. The highest BCUT2D eigenvalue weighted by molar-refractivity contribution is 8.00. The van der Waals surface area contributed by atoms with Gasteiger partial charge in [-0.25, -0.2) is 0 Å². The molecule has 0 saturated carbocycles. The third kappa shape index (κ3) is 2.51. The zero-order valence-corrected chi connectivity index (χ0v) is 8.12. The van der Waals surface area contributed by atoms with E-state index in [9.17, 15) is 4.79 Å². The van der Waals surface area contributed by atoms with Gasteiger partial charge in [0.25, 0.3) is 0 Å². The van der Waals surface area contributed by atoms with Crippen molar-refractivity contribution in [3.05, 3.63) is 0 Å². The van der Waals surface area contributed by atoms with E-state index in [0.29, 0.717) is 11.7 Å². The van der Waals surface area contributed by atoms with Crippen LogP contribution in [0.4, 0.5) is 0 Å². The molecule has 0 aromatic rings. The molecule has 1 heterocycles. The number of carbonyl (C=O) groups excluding carboxylic acids is 1. The Morgan fingerprint density at radius 3 is 2.91 bits per heavy atom. The van der Waals surface area contributed by atoms with Crippen molar-refractivity contribution in [1.29, 1.82) is 0 Å².